The van der Waals surface area contributed by atoms with E-state index in [0.717, 1.165) is 78.7 Å². The van der Waals surface area contributed by atoms with Gasteiger partial charge in [0.2, 0.25) is 34.2 Å². The molecule has 254 valence electrons. The van der Waals surface area contributed by atoms with Crippen molar-refractivity contribution in [3.05, 3.63) is 219 Å². The van der Waals surface area contributed by atoms with Gasteiger partial charge in [-0.05, 0) is 70.8 Å². The normalized spacial score (nSPS) is 11.0. The van der Waals surface area contributed by atoms with E-state index < -0.39 is 0 Å². The fraction of sp³-hybridized carbons (Fsp3) is 0. The third kappa shape index (κ3) is 6.49. The van der Waals surface area contributed by atoms with Gasteiger partial charge < -0.3 is 0 Å². The van der Waals surface area contributed by atoms with E-state index in [1.807, 2.05) is 24.8 Å². The molecule has 0 bridgehead atoms. The molecule has 0 amide bonds. The molecule has 0 saturated heterocycles. The van der Waals surface area contributed by atoms with Crippen molar-refractivity contribution in [2.24, 2.45) is 0 Å². The van der Waals surface area contributed by atoms with E-state index >= 15 is 0 Å². The maximum Gasteiger partial charge on any atom is 0.219 e. The second-order valence-corrected chi connectivity index (χ2v) is 13.2. The standard InChI is InChI=1S/C50H36N4/c1-5-13-39(14-6-1)47-33-43(34-48(40-15-7-2-8-16-40)53(47)45-25-29-51-30-26-45)37-21-23-38(24-22-37)44-35-49(41-17-9-3-10-18-41)54(46-27-31-52-32-28-46)50(36-44)42-19-11-4-12-20-42/h1-36H/q+2. The van der Waals surface area contributed by atoms with Crippen LogP contribution in [-0.4, -0.2) is 9.97 Å². The molecule has 0 aliphatic carbocycles. The summed E-state index contributed by atoms with van der Waals surface area (Å²) < 4.78 is 4.67. The van der Waals surface area contributed by atoms with Crippen molar-refractivity contribution >= 4 is 0 Å². The Labute approximate surface area is 315 Å². The Balaban J connectivity index is 1.22. The highest BCUT2D eigenvalue weighted by molar-refractivity contribution is 5.79. The van der Waals surface area contributed by atoms with Crippen LogP contribution in [0.5, 0.6) is 0 Å². The first-order chi connectivity index (χ1) is 26.8. The fourth-order valence-electron chi connectivity index (χ4n) is 7.21. The smallest absolute Gasteiger partial charge is 0.219 e. The van der Waals surface area contributed by atoms with Gasteiger partial charge in [-0.2, -0.15) is 9.13 Å². The molecular formula is C50H36N4+2. The molecule has 54 heavy (non-hydrogen) atoms. The third-order valence-electron chi connectivity index (χ3n) is 9.80. The van der Waals surface area contributed by atoms with Crippen LogP contribution in [0.25, 0.3) is 78.7 Å². The molecule has 0 N–H and O–H groups in total. The van der Waals surface area contributed by atoms with Crippen LogP contribution < -0.4 is 9.13 Å². The minimum atomic E-state index is 1.06. The van der Waals surface area contributed by atoms with Crippen LogP contribution in [0.1, 0.15) is 0 Å². The summed E-state index contributed by atoms with van der Waals surface area (Å²) in [5.41, 5.74) is 15.6. The van der Waals surface area contributed by atoms with E-state index in [-0.39, 0.29) is 0 Å². The Morgan fingerprint density at radius 2 is 0.500 bits per heavy atom. The molecule has 0 aliphatic rings. The largest absolute Gasteiger partial charge is 0.264 e. The number of aromatic nitrogens is 4. The lowest BCUT2D eigenvalue weighted by molar-refractivity contribution is -0.572. The molecule has 0 unspecified atom stereocenters. The number of pyridine rings is 4. The summed E-state index contributed by atoms with van der Waals surface area (Å²) in [7, 11) is 0. The Bertz CT molecular complexity index is 2340. The molecule has 4 nitrogen and oxygen atoms in total. The lowest BCUT2D eigenvalue weighted by atomic mass is 9.95. The van der Waals surface area contributed by atoms with Gasteiger partial charge >= 0.3 is 0 Å². The summed E-state index contributed by atoms with van der Waals surface area (Å²) in [5.74, 6) is 0. The average Bonchev–Trinajstić information content (AvgIpc) is 3.27. The summed E-state index contributed by atoms with van der Waals surface area (Å²) in [6.07, 6.45) is 7.42. The molecule has 0 fully saturated rings. The highest BCUT2D eigenvalue weighted by Gasteiger charge is 2.27. The number of hydrogen-bond donors (Lipinski definition) is 0. The van der Waals surface area contributed by atoms with Gasteiger partial charge in [-0.3, -0.25) is 9.97 Å². The lowest BCUT2D eigenvalue weighted by Crippen LogP contribution is -2.36. The second kappa shape index (κ2) is 14.7. The van der Waals surface area contributed by atoms with Crippen LogP contribution in [-0.2, 0) is 0 Å². The van der Waals surface area contributed by atoms with Gasteiger partial charge in [-0.15, -0.1) is 0 Å². The van der Waals surface area contributed by atoms with Crippen molar-refractivity contribution in [1.29, 1.82) is 0 Å². The summed E-state index contributed by atoms with van der Waals surface area (Å²) >= 11 is 0. The third-order valence-corrected chi connectivity index (χ3v) is 9.80. The summed E-state index contributed by atoms with van der Waals surface area (Å²) in [5, 5.41) is 0. The van der Waals surface area contributed by atoms with Crippen LogP contribution in [0.2, 0.25) is 0 Å². The van der Waals surface area contributed by atoms with Crippen molar-refractivity contribution in [3.8, 4) is 78.7 Å². The SMILES string of the molecule is c1ccc(-c2cc(-c3ccc(-c4cc(-c5ccccc5)[n+](-c5ccncc5)c(-c5ccccc5)c4)cc3)cc(-c3ccccc3)[n+]2-c2ccncc2)cc1. The van der Waals surface area contributed by atoms with Gasteiger partial charge in [0.1, 0.15) is 0 Å². The van der Waals surface area contributed by atoms with Crippen molar-refractivity contribution in [2.75, 3.05) is 0 Å². The van der Waals surface area contributed by atoms with Crippen molar-refractivity contribution < 1.29 is 9.13 Å². The fourth-order valence-corrected chi connectivity index (χ4v) is 7.21. The lowest BCUT2D eigenvalue weighted by Gasteiger charge is -2.14. The Kier molecular flexibility index (Phi) is 8.90. The molecule has 0 aliphatic heterocycles. The Morgan fingerprint density at radius 1 is 0.241 bits per heavy atom. The van der Waals surface area contributed by atoms with Crippen LogP contribution >= 0.6 is 0 Å². The molecule has 0 radical (unpaired) electrons. The maximum absolute atomic E-state index is 4.32. The monoisotopic (exact) mass is 692 g/mol. The Hall–Kier alpha value is -7.30. The van der Waals surface area contributed by atoms with Crippen LogP contribution in [0, 0.1) is 0 Å². The topological polar surface area (TPSA) is 33.5 Å². The van der Waals surface area contributed by atoms with E-state index in [0.29, 0.717) is 0 Å². The molecule has 5 aromatic carbocycles. The maximum atomic E-state index is 4.32. The van der Waals surface area contributed by atoms with Gasteiger partial charge in [0, 0.05) is 95.6 Å². The zero-order valence-electron chi connectivity index (χ0n) is 29.6. The quantitative estimate of drug-likeness (QED) is 0.149. The minimum absolute atomic E-state index is 1.06. The van der Waals surface area contributed by atoms with E-state index in [1.165, 1.54) is 0 Å². The zero-order chi connectivity index (χ0) is 36.1. The first kappa shape index (κ1) is 32.6. The molecule has 4 heteroatoms. The van der Waals surface area contributed by atoms with Crippen molar-refractivity contribution in [1.82, 2.24) is 9.97 Å². The van der Waals surface area contributed by atoms with Crippen LogP contribution in [0.4, 0.5) is 0 Å². The number of hydrogen-bond acceptors (Lipinski definition) is 2. The highest BCUT2D eigenvalue weighted by atomic mass is 15.0. The zero-order valence-corrected chi connectivity index (χ0v) is 29.6. The van der Waals surface area contributed by atoms with Crippen molar-refractivity contribution in [2.45, 2.75) is 0 Å². The molecule has 0 saturated carbocycles. The molecule has 4 aromatic heterocycles. The number of rotatable bonds is 8. The molecular weight excluding hydrogens is 657 g/mol. The highest BCUT2D eigenvalue weighted by Crippen LogP contribution is 2.34. The second-order valence-electron chi connectivity index (χ2n) is 13.2. The minimum Gasteiger partial charge on any atom is -0.264 e. The van der Waals surface area contributed by atoms with Crippen molar-refractivity contribution in [3.63, 3.8) is 0 Å². The first-order valence-electron chi connectivity index (χ1n) is 18.1. The summed E-state index contributed by atoms with van der Waals surface area (Å²) in [6, 6.07) is 69.0. The number of benzene rings is 5. The Morgan fingerprint density at radius 3 is 0.759 bits per heavy atom. The molecule has 9 rings (SSSR count). The van der Waals surface area contributed by atoms with Gasteiger partial charge in [0.05, 0.1) is 0 Å². The van der Waals surface area contributed by atoms with Gasteiger partial charge in [0.25, 0.3) is 0 Å². The average molecular weight is 693 g/mol. The predicted molar refractivity (Wildman–Crippen MR) is 218 cm³/mol. The summed E-state index contributed by atoms with van der Waals surface area (Å²) in [4.78, 5) is 8.64. The van der Waals surface area contributed by atoms with E-state index in [9.17, 15) is 0 Å². The predicted octanol–water partition coefficient (Wildman–Crippen LogP) is 11.0. The van der Waals surface area contributed by atoms with E-state index in [4.69, 9.17) is 0 Å². The van der Waals surface area contributed by atoms with E-state index in [1.54, 1.807) is 0 Å². The van der Waals surface area contributed by atoms with Crippen LogP contribution in [0.15, 0.2) is 219 Å². The molecule has 0 atom stereocenters. The van der Waals surface area contributed by atoms with Gasteiger partial charge in [-0.1, -0.05) is 97.1 Å². The van der Waals surface area contributed by atoms with Crippen LogP contribution in [0.3, 0.4) is 0 Å². The first-order valence-corrected chi connectivity index (χ1v) is 18.1. The van der Waals surface area contributed by atoms with Gasteiger partial charge in [-0.25, -0.2) is 0 Å². The molecule has 9 aromatic rings. The van der Waals surface area contributed by atoms with Gasteiger partial charge in [0.15, 0.2) is 0 Å². The van der Waals surface area contributed by atoms with E-state index in [2.05, 4.69) is 213 Å². The number of nitrogens with zero attached hydrogens (tertiary/aromatic N) is 4. The summed E-state index contributed by atoms with van der Waals surface area (Å²) in [6.45, 7) is 0. The molecule has 4 heterocycles. The molecule has 0 spiro atoms.